The fourth-order valence-electron chi connectivity index (χ4n) is 2.87. The Balaban J connectivity index is 1.42. The van der Waals surface area contributed by atoms with Gasteiger partial charge in [-0.3, -0.25) is 19.5 Å². The third-order valence-electron chi connectivity index (χ3n) is 4.39. The van der Waals surface area contributed by atoms with Crippen LogP contribution in [0.25, 0.3) is 0 Å². The highest BCUT2D eigenvalue weighted by Gasteiger charge is 2.21. The standard InChI is InChI=1S/C19H21ClN4O2/c20-17-3-1-16(2-4-17)19(26)22-13-18(25)24-11-9-23(10-12-24)14-15-5-7-21-8-6-15/h1-8H,9-14H2,(H,22,26). The van der Waals surface area contributed by atoms with Gasteiger partial charge in [0.1, 0.15) is 0 Å². The second-order valence-electron chi connectivity index (χ2n) is 6.20. The molecule has 136 valence electrons. The molecule has 7 heteroatoms. The van der Waals surface area contributed by atoms with Gasteiger partial charge in [-0.2, -0.15) is 0 Å². The third kappa shape index (κ3) is 5.03. The molecule has 0 saturated carbocycles. The lowest BCUT2D eigenvalue weighted by molar-refractivity contribution is -0.131. The maximum Gasteiger partial charge on any atom is 0.251 e. The number of benzene rings is 1. The van der Waals surface area contributed by atoms with Crippen molar-refractivity contribution in [2.75, 3.05) is 32.7 Å². The first-order valence-electron chi connectivity index (χ1n) is 8.54. The van der Waals surface area contributed by atoms with Gasteiger partial charge in [0, 0.05) is 55.7 Å². The number of hydrogen-bond donors (Lipinski definition) is 1. The molecule has 26 heavy (non-hydrogen) atoms. The van der Waals surface area contributed by atoms with E-state index in [1.807, 2.05) is 12.1 Å². The number of nitrogens with zero attached hydrogens (tertiary/aromatic N) is 3. The molecule has 0 spiro atoms. The Kier molecular flexibility index (Phi) is 6.20. The summed E-state index contributed by atoms with van der Waals surface area (Å²) in [6, 6.07) is 10.6. The summed E-state index contributed by atoms with van der Waals surface area (Å²) in [4.78, 5) is 32.5. The minimum absolute atomic E-state index is 0.00577. The molecule has 1 N–H and O–H groups in total. The summed E-state index contributed by atoms with van der Waals surface area (Å²) in [5, 5.41) is 3.24. The van der Waals surface area contributed by atoms with E-state index in [0.29, 0.717) is 23.7 Å². The van der Waals surface area contributed by atoms with Crippen LogP contribution < -0.4 is 5.32 Å². The fraction of sp³-hybridized carbons (Fsp3) is 0.316. The van der Waals surface area contributed by atoms with Crippen LogP contribution in [0.1, 0.15) is 15.9 Å². The van der Waals surface area contributed by atoms with Crippen molar-refractivity contribution in [3.8, 4) is 0 Å². The van der Waals surface area contributed by atoms with Crippen molar-refractivity contribution in [1.82, 2.24) is 20.1 Å². The molecule has 0 radical (unpaired) electrons. The summed E-state index contributed by atoms with van der Waals surface area (Å²) in [7, 11) is 0. The number of nitrogens with one attached hydrogen (secondary N) is 1. The summed E-state index contributed by atoms with van der Waals surface area (Å²) in [5.74, 6) is -0.331. The maximum absolute atomic E-state index is 12.3. The largest absolute Gasteiger partial charge is 0.343 e. The van der Waals surface area contributed by atoms with Crippen LogP contribution in [0.4, 0.5) is 0 Å². The second-order valence-corrected chi connectivity index (χ2v) is 6.64. The zero-order chi connectivity index (χ0) is 18.4. The fourth-order valence-corrected chi connectivity index (χ4v) is 3.00. The molecule has 1 fully saturated rings. The van der Waals surface area contributed by atoms with Crippen molar-refractivity contribution in [3.05, 3.63) is 64.9 Å². The Hall–Kier alpha value is -2.44. The Morgan fingerprint density at radius 2 is 1.65 bits per heavy atom. The molecule has 1 aromatic carbocycles. The normalized spacial score (nSPS) is 14.9. The second kappa shape index (κ2) is 8.78. The minimum Gasteiger partial charge on any atom is -0.343 e. The highest BCUT2D eigenvalue weighted by atomic mass is 35.5. The molecule has 2 amide bonds. The number of carbonyl (C=O) groups excluding carboxylic acids is 2. The number of halogens is 1. The van der Waals surface area contributed by atoms with Crippen LogP contribution in [-0.2, 0) is 11.3 Å². The van der Waals surface area contributed by atoms with E-state index in [1.54, 1.807) is 41.6 Å². The lowest BCUT2D eigenvalue weighted by Gasteiger charge is -2.34. The number of amides is 2. The van der Waals surface area contributed by atoms with E-state index in [9.17, 15) is 9.59 Å². The number of carbonyl (C=O) groups is 2. The van der Waals surface area contributed by atoms with Crippen molar-refractivity contribution in [3.63, 3.8) is 0 Å². The molecule has 0 aliphatic carbocycles. The lowest BCUT2D eigenvalue weighted by Crippen LogP contribution is -2.50. The molecule has 2 aromatic rings. The van der Waals surface area contributed by atoms with Crippen molar-refractivity contribution < 1.29 is 9.59 Å². The van der Waals surface area contributed by atoms with Crippen LogP contribution >= 0.6 is 11.6 Å². The Labute approximate surface area is 157 Å². The highest BCUT2D eigenvalue weighted by molar-refractivity contribution is 6.30. The van der Waals surface area contributed by atoms with E-state index in [2.05, 4.69) is 15.2 Å². The van der Waals surface area contributed by atoms with Gasteiger partial charge in [-0.15, -0.1) is 0 Å². The number of aromatic nitrogens is 1. The molecule has 1 aliphatic rings. The van der Waals surface area contributed by atoms with Gasteiger partial charge in [-0.1, -0.05) is 11.6 Å². The summed E-state index contributed by atoms with van der Waals surface area (Å²) in [6.45, 7) is 3.84. The van der Waals surface area contributed by atoms with Crippen molar-refractivity contribution in [1.29, 1.82) is 0 Å². The van der Waals surface area contributed by atoms with E-state index >= 15 is 0 Å². The van der Waals surface area contributed by atoms with Gasteiger partial charge in [0.25, 0.3) is 5.91 Å². The minimum atomic E-state index is -0.272. The quantitative estimate of drug-likeness (QED) is 0.869. The van der Waals surface area contributed by atoms with Gasteiger partial charge in [-0.25, -0.2) is 0 Å². The first-order valence-corrected chi connectivity index (χ1v) is 8.92. The van der Waals surface area contributed by atoms with E-state index in [-0.39, 0.29) is 18.4 Å². The summed E-state index contributed by atoms with van der Waals surface area (Å²) in [6.07, 6.45) is 3.58. The predicted molar refractivity (Wildman–Crippen MR) is 99.9 cm³/mol. The highest BCUT2D eigenvalue weighted by Crippen LogP contribution is 2.10. The van der Waals surface area contributed by atoms with E-state index in [0.717, 1.165) is 19.6 Å². The van der Waals surface area contributed by atoms with Gasteiger partial charge in [0.2, 0.25) is 5.91 Å². The zero-order valence-corrected chi connectivity index (χ0v) is 15.2. The van der Waals surface area contributed by atoms with Crippen molar-refractivity contribution in [2.24, 2.45) is 0 Å². The van der Waals surface area contributed by atoms with E-state index in [4.69, 9.17) is 11.6 Å². The van der Waals surface area contributed by atoms with Gasteiger partial charge in [-0.05, 0) is 42.0 Å². The molecule has 1 aromatic heterocycles. The SMILES string of the molecule is O=C(NCC(=O)N1CCN(Cc2ccncc2)CC1)c1ccc(Cl)cc1. The predicted octanol–water partition coefficient (Wildman–Crippen LogP) is 1.81. The van der Waals surface area contributed by atoms with Gasteiger partial charge < -0.3 is 10.2 Å². The molecule has 0 atom stereocenters. The zero-order valence-electron chi connectivity index (χ0n) is 14.4. The van der Waals surface area contributed by atoms with Crippen LogP contribution in [0.2, 0.25) is 5.02 Å². The number of pyridine rings is 1. The van der Waals surface area contributed by atoms with Gasteiger partial charge in [0.15, 0.2) is 0 Å². The van der Waals surface area contributed by atoms with Crippen molar-refractivity contribution >= 4 is 23.4 Å². The van der Waals surface area contributed by atoms with Crippen LogP contribution in [0.15, 0.2) is 48.8 Å². The maximum atomic E-state index is 12.3. The van der Waals surface area contributed by atoms with Crippen LogP contribution in [0.3, 0.4) is 0 Å². The molecule has 1 saturated heterocycles. The smallest absolute Gasteiger partial charge is 0.251 e. The molecule has 0 unspecified atom stereocenters. The lowest BCUT2D eigenvalue weighted by atomic mass is 10.2. The summed E-state index contributed by atoms with van der Waals surface area (Å²) < 4.78 is 0. The third-order valence-corrected chi connectivity index (χ3v) is 4.64. The first kappa shape index (κ1) is 18.4. The molecule has 0 bridgehead atoms. The molecule has 6 nitrogen and oxygen atoms in total. The summed E-state index contributed by atoms with van der Waals surface area (Å²) >= 11 is 5.81. The Bertz CT molecular complexity index is 744. The summed E-state index contributed by atoms with van der Waals surface area (Å²) in [5.41, 5.74) is 1.71. The monoisotopic (exact) mass is 372 g/mol. The number of piperazine rings is 1. The van der Waals surface area contributed by atoms with Gasteiger partial charge >= 0.3 is 0 Å². The topological polar surface area (TPSA) is 65.5 Å². The molecule has 3 rings (SSSR count). The van der Waals surface area contributed by atoms with Crippen molar-refractivity contribution in [2.45, 2.75) is 6.54 Å². The first-order chi connectivity index (χ1) is 12.6. The number of rotatable bonds is 5. The Morgan fingerprint density at radius 1 is 1.00 bits per heavy atom. The van der Waals surface area contributed by atoms with E-state index < -0.39 is 0 Å². The molecule has 2 heterocycles. The molecular weight excluding hydrogens is 352 g/mol. The van der Waals surface area contributed by atoms with Crippen LogP contribution in [0.5, 0.6) is 0 Å². The molecule has 1 aliphatic heterocycles. The Morgan fingerprint density at radius 3 is 2.31 bits per heavy atom. The van der Waals surface area contributed by atoms with E-state index in [1.165, 1.54) is 5.56 Å². The average Bonchev–Trinajstić information content (AvgIpc) is 2.68. The number of hydrogen-bond acceptors (Lipinski definition) is 4. The van der Waals surface area contributed by atoms with Gasteiger partial charge in [0.05, 0.1) is 6.54 Å². The molecular formula is C19H21ClN4O2. The van der Waals surface area contributed by atoms with Crippen LogP contribution in [-0.4, -0.2) is 59.3 Å². The van der Waals surface area contributed by atoms with Crippen LogP contribution in [0, 0.1) is 0 Å². The average molecular weight is 373 g/mol.